The second-order valence-electron chi connectivity index (χ2n) is 9.65. The second-order valence-corrected chi connectivity index (χ2v) is 9.65. The lowest BCUT2D eigenvalue weighted by atomic mass is 9.77. The predicted molar refractivity (Wildman–Crippen MR) is 125 cm³/mol. The third-order valence-corrected chi connectivity index (χ3v) is 7.11. The largest absolute Gasteiger partial charge is 0.493 e. The molecule has 1 aromatic heterocycles. The molecule has 8 nitrogen and oxygen atoms in total. The maximum Gasteiger partial charge on any atom is 0.417 e. The molecule has 1 saturated carbocycles. The van der Waals surface area contributed by atoms with Crippen molar-refractivity contribution in [3.8, 4) is 5.75 Å². The van der Waals surface area contributed by atoms with Gasteiger partial charge in [0.25, 0.3) is 11.8 Å². The van der Waals surface area contributed by atoms with E-state index in [1.54, 1.807) is 0 Å². The maximum atomic E-state index is 14.3. The fourth-order valence-electron chi connectivity index (χ4n) is 4.50. The summed E-state index contributed by atoms with van der Waals surface area (Å²) in [6.07, 6.45) is -3.58. The molecule has 0 bridgehead atoms. The van der Waals surface area contributed by atoms with E-state index in [-0.39, 0.29) is 29.4 Å². The van der Waals surface area contributed by atoms with Gasteiger partial charge in [-0.3, -0.25) is 20.0 Å². The number of carbonyl (C=O) groups excluding carboxylic acids is 2. The number of benzene rings is 1. The summed E-state index contributed by atoms with van der Waals surface area (Å²) in [5.74, 6) is -6.70. The zero-order valence-corrected chi connectivity index (χ0v) is 20.8. The first-order valence-corrected chi connectivity index (χ1v) is 11.9. The van der Waals surface area contributed by atoms with E-state index in [0.29, 0.717) is 0 Å². The van der Waals surface area contributed by atoms with Gasteiger partial charge in [-0.05, 0) is 55.9 Å². The van der Waals surface area contributed by atoms with Crippen molar-refractivity contribution in [1.29, 1.82) is 0 Å². The number of alkyl halides is 3. The van der Waals surface area contributed by atoms with Gasteiger partial charge in [-0.15, -0.1) is 0 Å². The van der Waals surface area contributed by atoms with Gasteiger partial charge in [0.1, 0.15) is 11.8 Å². The summed E-state index contributed by atoms with van der Waals surface area (Å²) in [7, 11) is 1.11. The van der Waals surface area contributed by atoms with E-state index in [0.717, 1.165) is 32.9 Å². The first kappa shape index (κ1) is 27.7. The smallest absolute Gasteiger partial charge is 0.417 e. The van der Waals surface area contributed by atoms with Crippen molar-refractivity contribution in [3.05, 3.63) is 53.4 Å². The van der Waals surface area contributed by atoms with Gasteiger partial charge < -0.3 is 14.8 Å². The van der Waals surface area contributed by atoms with Crippen LogP contribution in [0.4, 0.5) is 27.6 Å². The van der Waals surface area contributed by atoms with Crippen LogP contribution in [0.15, 0.2) is 30.5 Å². The first-order valence-electron chi connectivity index (χ1n) is 11.9. The Morgan fingerprint density at radius 3 is 2.55 bits per heavy atom. The molecular formula is C25H27F5N4O4. The number of methoxy groups -OCH3 is 1. The van der Waals surface area contributed by atoms with Crippen molar-refractivity contribution in [1.82, 2.24) is 15.8 Å². The SMILES string of the molecule is COc1c(C[C@@H]2[C@H](C(=O)Nc3ccnc(C(=O)NNC4CC4)c3)O[C@@](C)(C(F)(F)F)[C@H]2C)ccc(F)c1F. The average Bonchev–Trinajstić information content (AvgIpc) is 3.66. The van der Waals surface area contributed by atoms with Crippen molar-refractivity contribution >= 4 is 17.5 Å². The van der Waals surface area contributed by atoms with Crippen molar-refractivity contribution in [2.75, 3.05) is 12.4 Å². The monoisotopic (exact) mass is 542 g/mol. The number of hydrogen-bond acceptors (Lipinski definition) is 6. The van der Waals surface area contributed by atoms with Crippen LogP contribution in [0.2, 0.25) is 0 Å². The third-order valence-electron chi connectivity index (χ3n) is 7.11. The zero-order valence-electron chi connectivity index (χ0n) is 20.8. The average molecular weight is 543 g/mol. The first-order chi connectivity index (χ1) is 17.9. The summed E-state index contributed by atoms with van der Waals surface area (Å²) in [5, 5.41) is 2.49. The molecule has 2 heterocycles. The van der Waals surface area contributed by atoms with Gasteiger partial charge in [0.2, 0.25) is 5.82 Å². The van der Waals surface area contributed by atoms with Gasteiger partial charge in [0.15, 0.2) is 17.2 Å². The number of nitrogens with one attached hydrogen (secondary N) is 3. The maximum absolute atomic E-state index is 14.3. The summed E-state index contributed by atoms with van der Waals surface area (Å²) in [6.45, 7) is 2.14. The summed E-state index contributed by atoms with van der Waals surface area (Å²) in [4.78, 5) is 29.5. The van der Waals surface area contributed by atoms with Crippen LogP contribution in [0.5, 0.6) is 5.75 Å². The zero-order chi connectivity index (χ0) is 27.8. The fourth-order valence-corrected chi connectivity index (χ4v) is 4.50. The lowest BCUT2D eigenvalue weighted by Crippen LogP contribution is -2.47. The summed E-state index contributed by atoms with van der Waals surface area (Å²) >= 11 is 0. The molecular weight excluding hydrogens is 515 g/mol. The molecule has 0 radical (unpaired) electrons. The highest BCUT2D eigenvalue weighted by Gasteiger charge is 2.65. The van der Waals surface area contributed by atoms with E-state index < -0.39 is 58.9 Å². The topological polar surface area (TPSA) is 102 Å². The number of nitrogens with zero attached hydrogens (tertiary/aromatic N) is 1. The predicted octanol–water partition coefficient (Wildman–Crippen LogP) is 3.92. The number of rotatable bonds is 8. The van der Waals surface area contributed by atoms with Gasteiger partial charge >= 0.3 is 6.18 Å². The summed E-state index contributed by atoms with van der Waals surface area (Å²) in [6, 6.07) is 4.88. The van der Waals surface area contributed by atoms with Crippen molar-refractivity contribution in [3.63, 3.8) is 0 Å². The van der Waals surface area contributed by atoms with E-state index >= 15 is 0 Å². The number of hydrogen-bond donors (Lipinski definition) is 3. The summed E-state index contributed by atoms with van der Waals surface area (Å²) in [5.41, 5.74) is 2.80. The second kappa shape index (κ2) is 10.4. The van der Waals surface area contributed by atoms with Crippen LogP contribution in [0.1, 0.15) is 42.7 Å². The highest BCUT2D eigenvalue weighted by Crippen LogP contribution is 2.51. The number of halogens is 5. The number of hydrazine groups is 1. The standard InChI is InChI=1S/C25H27F5N4O4/c1-12-16(10-13-4-7-17(26)19(27)20(13)37-3)21(38-24(12,2)25(28,29)30)23(36)32-15-8-9-31-18(11-15)22(35)34-33-14-5-6-14/h4,7-9,11-12,14,16,21,33H,5-6,10H2,1-3H3,(H,34,35)(H,31,32,36)/t12-,16-,21+,24+/m0/s1. The molecule has 38 heavy (non-hydrogen) atoms. The van der Waals surface area contributed by atoms with Gasteiger partial charge in [-0.25, -0.2) is 9.82 Å². The van der Waals surface area contributed by atoms with Gasteiger partial charge in [0.05, 0.1) is 7.11 Å². The van der Waals surface area contributed by atoms with Crippen LogP contribution < -0.4 is 20.9 Å². The Hall–Kier alpha value is -3.32. The Labute approximate surface area is 215 Å². The Morgan fingerprint density at radius 1 is 1.21 bits per heavy atom. The Bertz CT molecular complexity index is 1220. The van der Waals surface area contributed by atoms with E-state index in [9.17, 15) is 31.5 Å². The van der Waals surface area contributed by atoms with E-state index in [2.05, 4.69) is 21.2 Å². The molecule has 206 valence electrons. The van der Waals surface area contributed by atoms with Crippen LogP contribution in [0, 0.1) is 23.5 Å². The van der Waals surface area contributed by atoms with E-state index in [1.807, 2.05) is 0 Å². The lowest BCUT2D eigenvalue weighted by molar-refractivity contribution is -0.272. The fraction of sp³-hybridized carbons (Fsp3) is 0.480. The Balaban J connectivity index is 1.59. The van der Waals surface area contributed by atoms with E-state index in [1.165, 1.54) is 31.3 Å². The van der Waals surface area contributed by atoms with Gasteiger partial charge in [-0.2, -0.15) is 17.6 Å². The minimum Gasteiger partial charge on any atom is -0.493 e. The van der Waals surface area contributed by atoms with Gasteiger partial charge in [0, 0.05) is 23.8 Å². The molecule has 2 aliphatic rings. The minimum atomic E-state index is -4.83. The number of anilines is 1. The molecule has 4 rings (SSSR count). The molecule has 0 spiro atoms. The molecule has 1 aliphatic carbocycles. The summed E-state index contributed by atoms with van der Waals surface area (Å²) < 4.78 is 80.5. The van der Waals surface area contributed by atoms with Crippen molar-refractivity contribution in [2.45, 2.75) is 57.0 Å². The Morgan fingerprint density at radius 2 is 1.92 bits per heavy atom. The van der Waals surface area contributed by atoms with Crippen LogP contribution in [0.3, 0.4) is 0 Å². The molecule has 1 saturated heterocycles. The number of amides is 2. The molecule has 2 fully saturated rings. The molecule has 2 amide bonds. The number of ether oxygens (including phenoxy) is 2. The third kappa shape index (κ3) is 5.44. The van der Waals surface area contributed by atoms with Crippen molar-refractivity contribution in [2.24, 2.45) is 11.8 Å². The van der Waals surface area contributed by atoms with Gasteiger partial charge in [-0.1, -0.05) is 13.0 Å². The molecule has 4 atom stereocenters. The van der Waals surface area contributed by atoms with Crippen LogP contribution in [-0.2, 0) is 16.0 Å². The van der Waals surface area contributed by atoms with Crippen LogP contribution in [-0.4, -0.2) is 47.8 Å². The normalized spacial score (nSPS) is 25.2. The van der Waals surface area contributed by atoms with E-state index in [4.69, 9.17) is 9.47 Å². The van der Waals surface area contributed by atoms with Crippen LogP contribution in [0.25, 0.3) is 0 Å². The number of aromatic nitrogens is 1. The molecule has 1 aliphatic heterocycles. The molecule has 13 heteroatoms. The molecule has 0 unspecified atom stereocenters. The quantitative estimate of drug-likeness (QED) is 0.346. The molecule has 1 aromatic carbocycles. The van der Waals surface area contributed by atoms with Crippen LogP contribution >= 0.6 is 0 Å². The molecule has 2 aromatic rings. The number of carbonyl (C=O) groups is 2. The highest BCUT2D eigenvalue weighted by atomic mass is 19.4. The highest BCUT2D eigenvalue weighted by molar-refractivity contribution is 5.97. The Kier molecular flexibility index (Phi) is 7.62. The van der Waals surface area contributed by atoms with Crippen molar-refractivity contribution < 1.29 is 41.0 Å². The minimum absolute atomic E-state index is 0.0279. The number of pyridine rings is 1. The molecule has 3 N–H and O–H groups in total. The lowest BCUT2D eigenvalue weighted by Gasteiger charge is -2.31.